The second kappa shape index (κ2) is 10.7. The minimum absolute atomic E-state index is 0.409. The first kappa shape index (κ1) is 20.1. The molecule has 4 nitrogen and oxygen atoms in total. The van der Waals surface area contributed by atoms with E-state index in [0.717, 1.165) is 63.9 Å². The molecule has 1 aromatic carbocycles. The van der Waals surface area contributed by atoms with Gasteiger partial charge in [0, 0.05) is 38.8 Å². The van der Waals surface area contributed by atoms with Crippen LogP contribution in [0.1, 0.15) is 37.8 Å². The van der Waals surface area contributed by atoms with Gasteiger partial charge in [0.2, 0.25) is 0 Å². The number of hydrogen-bond donors (Lipinski definition) is 1. The van der Waals surface area contributed by atoms with Crippen molar-refractivity contribution in [2.75, 3.05) is 39.4 Å². The second-order valence-corrected chi connectivity index (χ2v) is 7.36. The van der Waals surface area contributed by atoms with Crippen molar-refractivity contribution in [2.24, 2.45) is 0 Å². The zero-order valence-electron chi connectivity index (χ0n) is 16.0. The number of aryl methyl sites for hydroxylation is 1. The molecule has 1 saturated heterocycles. The van der Waals surface area contributed by atoms with Crippen molar-refractivity contribution >= 4 is 17.3 Å². The first-order valence-corrected chi connectivity index (χ1v) is 9.90. The topological polar surface area (TPSA) is 27.7 Å². The van der Waals surface area contributed by atoms with Gasteiger partial charge in [-0.25, -0.2) is 0 Å². The third-order valence-corrected chi connectivity index (χ3v) is 5.11. The van der Waals surface area contributed by atoms with Crippen molar-refractivity contribution in [3.8, 4) is 0 Å². The predicted molar refractivity (Wildman–Crippen MR) is 109 cm³/mol. The first-order chi connectivity index (χ1) is 12.1. The van der Waals surface area contributed by atoms with Crippen molar-refractivity contribution in [3.63, 3.8) is 0 Å². The number of ether oxygens (including phenoxy) is 1. The lowest BCUT2D eigenvalue weighted by Gasteiger charge is -2.30. The Morgan fingerprint density at radius 3 is 2.80 bits per heavy atom. The van der Waals surface area contributed by atoms with Crippen LogP contribution in [0.25, 0.3) is 0 Å². The van der Waals surface area contributed by atoms with Crippen LogP contribution >= 0.6 is 12.2 Å². The van der Waals surface area contributed by atoms with E-state index in [9.17, 15) is 0 Å². The van der Waals surface area contributed by atoms with Crippen molar-refractivity contribution < 1.29 is 4.74 Å². The highest BCUT2D eigenvalue weighted by atomic mass is 32.1. The number of hydrogen-bond acceptors (Lipinski definition) is 3. The Balaban J connectivity index is 1.91. The van der Waals surface area contributed by atoms with Crippen LogP contribution in [0.15, 0.2) is 24.3 Å². The Hall–Kier alpha value is -1.17. The van der Waals surface area contributed by atoms with E-state index in [-0.39, 0.29) is 0 Å². The largest absolute Gasteiger partial charge is 0.379 e. The van der Waals surface area contributed by atoms with Gasteiger partial charge in [0.15, 0.2) is 5.11 Å². The van der Waals surface area contributed by atoms with Gasteiger partial charge in [0.25, 0.3) is 0 Å². The summed E-state index contributed by atoms with van der Waals surface area (Å²) in [6.45, 7) is 13.3. The summed E-state index contributed by atoms with van der Waals surface area (Å²) in [5.74, 6) is 0. The van der Waals surface area contributed by atoms with Crippen molar-refractivity contribution in [3.05, 3.63) is 35.4 Å². The van der Waals surface area contributed by atoms with E-state index < -0.39 is 0 Å². The Labute approximate surface area is 158 Å². The van der Waals surface area contributed by atoms with Crippen molar-refractivity contribution in [1.29, 1.82) is 0 Å². The number of thiocarbonyl (C=S) groups is 1. The zero-order valence-corrected chi connectivity index (χ0v) is 16.8. The molecule has 1 aliphatic heterocycles. The van der Waals surface area contributed by atoms with Crippen LogP contribution in [-0.4, -0.2) is 60.3 Å². The molecule has 140 valence electrons. The van der Waals surface area contributed by atoms with E-state index in [1.807, 2.05) is 0 Å². The van der Waals surface area contributed by atoms with Gasteiger partial charge in [-0.05, 0) is 44.5 Å². The second-order valence-electron chi connectivity index (χ2n) is 6.98. The summed E-state index contributed by atoms with van der Waals surface area (Å²) in [6.07, 6.45) is 2.19. The molecule has 25 heavy (non-hydrogen) atoms. The summed E-state index contributed by atoms with van der Waals surface area (Å²) in [5.41, 5.74) is 2.62. The molecule has 0 saturated carbocycles. The fourth-order valence-electron chi connectivity index (χ4n) is 3.00. The molecule has 1 unspecified atom stereocenters. The highest BCUT2D eigenvalue weighted by molar-refractivity contribution is 7.80. The van der Waals surface area contributed by atoms with E-state index in [1.165, 1.54) is 11.1 Å². The monoisotopic (exact) mass is 363 g/mol. The Morgan fingerprint density at radius 2 is 2.12 bits per heavy atom. The van der Waals surface area contributed by atoms with Crippen molar-refractivity contribution in [1.82, 2.24) is 15.1 Å². The van der Waals surface area contributed by atoms with Crippen LogP contribution in [0.5, 0.6) is 0 Å². The Kier molecular flexibility index (Phi) is 8.65. The summed E-state index contributed by atoms with van der Waals surface area (Å²) in [7, 11) is 0. The first-order valence-electron chi connectivity index (χ1n) is 9.49. The normalized spacial score (nSPS) is 16.4. The molecule has 5 heteroatoms. The average molecular weight is 364 g/mol. The molecule has 1 fully saturated rings. The smallest absolute Gasteiger partial charge is 0.169 e. The van der Waals surface area contributed by atoms with Gasteiger partial charge >= 0.3 is 0 Å². The van der Waals surface area contributed by atoms with Gasteiger partial charge in [-0.1, -0.05) is 36.8 Å². The fraction of sp³-hybridized carbons (Fsp3) is 0.650. The highest BCUT2D eigenvalue weighted by Gasteiger charge is 2.14. The SMILES string of the molecule is CCC(C)NC(=S)N(CCCN1CCOCC1)Cc1cccc(C)c1. The van der Waals surface area contributed by atoms with Gasteiger partial charge in [0.05, 0.1) is 13.2 Å². The van der Waals surface area contributed by atoms with Crippen LogP contribution in [0.3, 0.4) is 0 Å². The van der Waals surface area contributed by atoms with Gasteiger partial charge in [-0.3, -0.25) is 4.90 Å². The maximum Gasteiger partial charge on any atom is 0.169 e. The fourth-order valence-corrected chi connectivity index (χ4v) is 3.35. The minimum Gasteiger partial charge on any atom is -0.379 e. The number of benzene rings is 1. The summed E-state index contributed by atoms with van der Waals surface area (Å²) in [4.78, 5) is 4.80. The Bertz CT molecular complexity index is 531. The molecule has 0 bridgehead atoms. The third kappa shape index (κ3) is 7.30. The molecule has 0 radical (unpaired) electrons. The summed E-state index contributed by atoms with van der Waals surface area (Å²) in [6, 6.07) is 9.12. The maximum absolute atomic E-state index is 5.70. The molecule has 1 atom stereocenters. The lowest BCUT2D eigenvalue weighted by molar-refractivity contribution is 0.0367. The van der Waals surface area contributed by atoms with Gasteiger partial charge in [-0.15, -0.1) is 0 Å². The highest BCUT2D eigenvalue weighted by Crippen LogP contribution is 2.10. The zero-order chi connectivity index (χ0) is 18.1. The van der Waals surface area contributed by atoms with Gasteiger partial charge < -0.3 is 15.0 Å². The quantitative estimate of drug-likeness (QED) is 0.716. The number of morpholine rings is 1. The summed E-state index contributed by atoms with van der Waals surface area (Å²) in [5, 5.41) is 4.35. The average Bonchev–Trinajstić information content (AvgIpc) is 2.61. The third-order valence-electron chi connectivity index (χ3n) is 4.73. The van der Waals surface area contributed by atoms with Crippen LogP contribution in [0, 0.1) is 6.92 Å². The summed E-state index contributed by atoms with van der Waals surface area (Å²) < 4.78 is 5.43. The molecule has 0 amide bonds. The van der Waals surface area contributed by atoms with Crippen LogP contribution in [-0.2, 0) is 11.3 Å². The van der Waals surface area contributed by atoms with Crippen LogP contribution in [0.2, 0.25) is 0 Å². The molecular weight excluding hydrogens is 330 g/mol. The van der Waals surface area contributed by atoms with E-state index in [4.69, 9.17) is 17.0 Å². The predicted octanol–water partition coefficient (Wildman–Crippen LogP) is 3.19. The standard InChI is InChI=1S/C20H33N3OS/c1-4-18(3)21-20(25)23(16-19-8-5-7-17(2)15-19)10-6-9-22-11-13-24-14-12-22/h5,7-8,15,18H,4,6,9-14,16H2,1-3H3,(H,21,25). The number of nitrogens with zero attached hydrogens (tertiary/aromatic N) is 2. The molecular formula is C20H33N3OS. The number of nitrogens with one attached hydrogen (secondary N) is 1. The molecule has 0 spiro atoms. The van der Waals surface area contributed by atoms with Crippen molar-refractivity contribution in [2.45, 2.75) is 46.2 Å². The van der Waals surface area contributed by atoms with E-state index in [1.54, 1.807) is 0 Å². The summed E-state index contributed by atoms with van der Waals surface area (Å²) >= 11 is 5.70. The van der Waals surface area contributed by atoms with Gasteiger partial charge in [-0.2, -0.15) is 0 Å². The molecule has 1 N–H and O–H groups in total. The minimum atomic E-state index is 0.409. The van der Waals surface area contributed by atoms with E-state index in [2.05, 4.69) is 60.2 Å². The Morgan fingerprint density at radius 1 is 1.36 bits per heavy atom. The molecule has 0 aliphatic carbocycles. The lowest BCUT2D eigenvalue weighted by Crippen LogP contribution is -2.44. The van der Waals surface area contributed by atoms with Crippen LogP contribution in [0.4, 0.5) is 0 Å². The maximum atomic E-state index is 5.70. The van der Waals surface area contributed by atoms with Gasteiger partial charge in [0.1, 0.15) is 0 Å². The molecule has 2 rings (SSSR count). The van der Waals surface area contributed by atoms with E-state index in [0.29, 0.717) is 6.04 Å². The molecule has 1 aliphatic rings. The molecule has 1 aromatic rings. The molecule has 1 heterocycles. The lowest BCUT2D eigenvalue weighted by atomic mass is 10.1. The number of rotatable bonds is 8. The van der Waals surface area contributed by atoms with E-state index >= 15 is 0 Å². The van der Waals surface area contributed by atoms with Crippen LogP contribution < -0.4 is 5.32 Å². The molecule has 0 aromatic heterocycles.